The average Bonchev–Trinajstić information content (AvgIpc) is 3.20. The van der Waals surface area contributed by atoms with Gasteiger partial charge in [-0.2, -0.15) is 0 Å². The summed E-state index contributed by atoms with van der Waals surface area (Å²) < 4.78 is 15.6. The lowest BCUT2D eigenvalue weighted by Crippen LogP contribution is -2.30. The van der Waals surface area contributed by atoms with Crippen LogP contribution in [-0.2, 0) is 4.79 Å². The number of nitrogens with zero attached hydrogens (tertiary/aromatic N) is 3. The number of carbonyl (C=O) groups excluding carboxylic acids is 1. The summed E-state index contributed by atoms with van der Waals surface area (Å²) in [5, 5.41) is 13.8. The van der Waals surface area contributed by atoms with Crippen LogP contribution in [0, 0.1) is 6.92 Å². The summed E-state index contributed by atoms with van der Waals surface area (Å²) >= 11 is 0. The molecule has 0 unspecified atom stereocenters. The number of aromatic nitrogens is 3. The van der Waals surface area contributed by atoms with Crippen LogP contribution >= 0.6 is 0 Å². The second kappa shape index (κ2) is 6.30. The summed E-state index contributed by atoms with van der Waals surface area (Å²) in [5.74, 6) is 1.62. The number of ether oxygens (including phenoxy) is 1. The number of rotatable bonds is 5. The van der Waals surface area contributed by atoms with E-state index in [1.807, 2.05) is 0 Å². The van der Waals surface area contributed by atoms with Crippen LogP contribution in [0.1, 0.15) is 12.7 Å². The average molecular weight is 314 g/mol. The molecule has 0 bridgehead atoms. The van der Waals surface area contributed by atoms with Gasteiger partial charge in [0.25, 0.3) is 5.91 Å². The maximum atomic E-state index is 12.0. The fourth-order valence-electron chi connectivity index (χ4n) is 1.89. The molecule has 0 aliphatic heterocycles. The van der Waals surface area contributed by atoms with Crippen LogP contribution < -0.4 is 10.1 Å². The predicted molar refractivity (Wildman–Crippen MR) is 79.7 cm³/mol. The Morgan fingerprint density at radius 1 is 1.30 bits per heavy atom. The van der Waals surface area contributed by atoms with E-state index in [0.29, 0.717) is 23.2 Å². The van der Waals surface area contributed by atoms with Crippen molar-refractivity contribution in [3.63, 3.8) is 0 Å². The molecule has 1 amide bonds. The Morgan fingerprint density at radius 3 is 2.70 bits per heavy atom. The molecule has 2 heterocycles. The molecule has 0 radical (unpaired) electrons. The van der Waals surface area contributed by atoms with Crippen molar-refractivity contribution in [2.45, 2.75) is 20.0 Å². The Labute approximate surface area is 131 Å². The molecule has 1 aromatic carbocycles. The zero-order chi connectivity index (χ0) is 16.2. The fraction of sp³-hybridized carbons (Fsp3) is 0.200. The molecule has 0 aliphatic carbocycles. The largest absolute Gasteiger partial charge is 0.481 e. The Morgan fingerprint density at radius 2 is 2.09 bits per heavy atom. The quantitative estimate of drug-likeness (QED) is 0.771. The van der Waals surface area contributed by atoms with Crippen LogP contribution in [-0.4, -0.2) is 27.4 Å². The van der Waals surface area contributed by atoms with Crippen molar-refractivity contribution in [1.82, 2.24) is 15.4 Å². The first kappa shape index (κ1) is 14.8. The number of hydrogen-bond donors (Lipinski definition) is 1. The van der Waals surface area contributed by atoms with E-state index < -0.39 is 6.10 Å². The number of aryl methyl sites for hydroxylation is 1. The van der Waals surface area contributed by atoms with Gasteiger partial charge in [-0.1, -0.05) is 5.16 Å². The van der Waals surface area contributed by atoms with Crippen LogP contribution in [0.15, 0.2) is 45.7 Å². The van der Waals surface area contributed by atoms with E-state index in [4.69, 9.17) is 13.7 Å². The monoisotopic (exact) mass is 314 g/mol. The van der Waals surface area contributed by atoms with Crippen molar-refractivity contribution in [2.24, 2.45) is 0 Å². The Balaban J connectivity index is 1.61. The highest BCUT2D eigenvalue weighted by Gasteiger charge is 2.16. The van der Waals surface area contributed by atoms with Gasteiger partial charge in [-0.05, 0) is 38.1 Å². The van der Waals surface area contributed by atoms with Crippen molar-refractivity contribution in [1.29, 1.82) is 0 Å². The predicted octanol–water partition coefficient (Wildman–Crippen LogP) is 2.44. The van der Waals surface area contributed by atoms with Gasteiger partial charge in [0.1, 0.15) is 11.5 Å². The maximum Gasteiger partial charge on any atom is 0.266 e. The van der Waals surface area contributed by atoms with Crippen LogP contribution in [0.2, 0.25) is 0 Å². The molecule has 3 rings (SSSR count). The molecule has 8 nitrogen and oxygen atoms in total. The summed E-state index contributed by atoms with van der Waals surface area (Å²) in [6.07, 6.45) is 0.568. The topological polar surface area (TPSA) is 103 Å². The zero-order valence-electron chi connectivity index (χ0n) is 12.5. The molecular weight excluding hydrogens is 300 g/mol. The van der Waals surface area contributed by atoms with Crippen LogP contribution in [0.4, 0.5) is 5.82 Å². The standard InChI is InChI=1S/C15H14N4O4/c1-9-7-13(19-23-9)17-14(20)10(2)22-12-5-3-11(4-6-12)15-18-16-8-21-15/h3-8,10H,1-2H3,(H,17,19,20)/t10-/m0/s1. The van der Waals surface area contributed by atoms with Gasteiger partial charge in [-0.15, -0.1) is 10.2 Å². The highest BCUT2D eigenvalue weighted by Crippen LogP contribution is 2.21. The van der Waals surface area contributed by atoms with Gasteiger partial charge in [0.05, 0.1) is 0 Å². The minimum absolute atomic E-state index is 0.320. The van der Waals surface area contributed by atoms with Gasteiger partial charge in [-0.3, -0.25) is 4.79 Å². The Bertz CT molecular complexity index is 780. The molecule has 3 aromatic rings. The lowest BCUT2D eigenvalue weighted by atomic mass is 10.2. The molecule has 118 valence electrons. The fourth-order valence-corrected chi connectivity index (χ4v) is 1.89. The lowest BCUT2D eigenvalue weighted by molar-refractivity contribution is -0.122. The smallest absolute Gasteiger partial charge is 0.266 e. The van der Waals surface area contributed by atoms with Crippen molar-refractivity contribution >= 4 is 11.7 Å². The summed E-state index contributed by atoms with van der Waals surface area (Å²) in [7, 11) is 0. The van der Waals surface area contributed by atoms with Gasteiger partial charge in [0.2, 0.25) is 12.3 Å². The third-order valence-corrected chi connectivity index (χ3v) is 3.02. The first-order valence-corrected chi connectivity index (χ1v) is 6.89. The van der Waals surface area contributed by atoms with E-state index >= 15 is 0 Å². The molecule has 0 fully saturated rings. The van der Waals surface area contributed by atoms with Crippen LogP contribution in [0.5, 0.6) is 5.75 Å². The minimum atomic E-state index is -0.693. The first-order valence-electron chi connectivity index (χ1n) is 6.89. The molecular formula is C15H14N4O4. The van der Waals surface area contributed by atoms with Crippen molar-refractivity contribution < 1.29 is 18.5 Å². The highest BCUT2D eigenvalue weighted by atomic mass is 16.5. The second-order valence-corrected chi connectivity index (χ2v) is 4.84. The molecule has 1 N–H and O–H groups in total. The third-order valence-electron chi connectivity index (χ3n) is 3.02. The number of nitrogens with one attached hydrogen (secondary N) is 1. The molecule has 0 saturated heterocycles. The lowest BCUT2D eigenvalue weighted by Gasteiger charge is -2.13. The summed E-state index contributed by atoms with van der Waals surface area (Å²) in [6, 6.07) is 8.62. The van der Waals surface area contributed by atoms with Gasteiger partial charge in [0.15, 0.2) is 11.9 Å². The number of anilines is 1. The second-order valence-electron chi connectivity index (χ2n) is 4.84. The first-order chi connectivity index (χ1) is 11.1. The van der Waals surface area contributed by atoms with E-state index in [1.165, 1.54) is 6.39 Å². The third kappa shape index (κ3) is 3.54. The maximum absolute atomic E-state index is 12.0. The van der Waals surface area contributed by atoms with Gasteiger partial charge >= 0.3 is 0 Å². The van der Waals surface area contributed by atoms with Gasteiger partial charge in [0, 0.05) is 11.6 Å². The van der Waals surface area contributed by atoms with Crippen molar-refractivity contribution in [3.05, 3.63) is 42.5 Å². The number of amides is 1. The summed E-state index contributed by atoms with van der Waals surface area (Å²) in [4.78, 5) is 12.0. The van der Waals surface area contributed by atoms with Crippen molar-refractivity contribution in [2.75, 3.05) is 5.32 Å². The van der Waals surface area contributed by atoms with Gasteiger partial charge < -0.3 is 19.0 Å². The van der Waals surface area contributed by atoms with E-state index in [2.05, 4.69) is 20.7 Å². The summed E-state index contributed by atoms with van der Waals surface area (Å²) in [6.45, 7) is 3.39. The van der Waals surface area contributed by atoms with Crippen molar-refractivity contribution in [3.8, 4) is 17.2 Å². The molecule has 0 saturated carbocycles. The number of benzene rings is 1. The zero-order valence-corrected chi connectivity index (χ0v) is 12.5. The summed E-state index contributed by atoms with van der Waals surface area (Å²) in [5.41, 5.74) is 0.769. The molecule has 8 heteroatoms. The van der Waals surface area contributed by atoms with Crippen LogP contribution in [0.25, 0.3) is 11.5 Å². The van der Waals surface area contributed by atoms with E-state index in [9.17, 15) is 4.79 Å². The molecule has 1 atom stereocenters. The SMILES string of the molecule is Cc1cc(NC(=O)[C@H](C)Oc2ccc(-c3nnco3)cc2)no1. The normalized spacial score (nSPS) is 11.9. The van der Waals surface area contributed by atoms with Crippen LogP contribution in [0.3, 0.4) is 0 Å². The molecule has 0 spiro atoms. The Hall–Kier alpha value is -3.16. The van der Waals surface area contributed by atoms with E-state index in [0.717, 1.165) is 5.56 Å². The van der Waals surface area contributed by atoms with E-state index in [1.54, 1.807) is 44.2 Å². The number of carbonyl (C=O) groups is 1. The molecule has 23 heavy (non-hydrogen) atoms. The highest BCUT2D eigenvalue weighted by molar-refractivity contribution is 5.93. The molecule has 2 aromatic heterocycles. The molecule has 0 aliphatic rings. The minimum Gasteiger partial charge on any atom is -0.481 e. The Kier molecular flexibility index (Phi) is 4.05. The van der Waals surface area contributed by atoms with Gasteiger partial charge in [-0.25, -0.2) is 0 Å². The number of hydrogen-bond acceptors (Lipinski definition) is 7. The van der Waals surface area contributed by atoms with E-state index in [-0.39, 0.29) is 5.91 Å².